The first-order chi connectivity index (χ1) is 11.5. The Morgan fingerprint density at radius 2 is 1.71 bits per heavy atom. The summed E-state index contributed by atoms with van der Waals surface area (Å²) in [6.45, 7) is 1.72. The second-order valence-electron chi connectivity index (χ2n) is 5.26. The summed E-state index contributed by atoms with van der Waals surface area (Å²) in [7, 11) is 1.56. The molecular weight excluding hydrogens is 314 g/mol. The van der Waals surface area contributed by atoms with E-state index < -0.39 is 30.3 Å². The standard InChI is InChI=1S/C16H19N3O5/c1-3-8-18-14(21)15(22)19(16(18)23)10-13(20)17-9-11-4-6-12(24-2)7-5-11/h4-7H,3,8-10H2,1-2H3,(H,17,20). The minimum absolute atomic E-state index is 0.160. The van der Waals surface area contributed by atoms with Crippen molar-refractivity contribution in [3.63, 3.8) is 0 Å². The van der Waals surface area contributed by atoms with Gasteiger partial charge in [0.25, 0.3) is 0 Å². The molecule has 0 unspecified atom stereocenters. The third kappa shape index (κ3) is 3.70. The summed E-state index contributed by atoms with van der Waals surface area (Å²) in [6.07, 6.45) is 0.544. The van der Waals surface area contributed by atoms with E-state index in [1.165, 1.54) is 0 Å². The highest BCUT2D eigenvalue weighted by molar-refractivity contribution is 6.45. The molecule has 1 aromatic rings. The first kappa shape index (κ1) is 17.5. The third-order valence-corrected chi connectivity index (χ3v) is 3.53. The van der Waals surface area contributed by atoms with Gasteiger partial charge < -0.3 is 10.1 Å². The van der Waals surface area contributed by atoms with Crippen molar-refractivity contribution in [2.24, 2.45) is 0 Å². The van der Waals surface area contributed by atoms with Gasteiger partial charge in [-0.25, -0.2) is 9.69 Å². The Labute approximate surface area is 139 Å². The van der Waals surface area contributed by atoms with Crippen molar-refractivity contribution in [3.05, 3.63) is 29.8 Å². The zero-order chi connectivity index (χ0) is 17.7. The number of methoxy groups -OCH3 is 1. The fourth-order valence-electron chi connectivity index (χ4n) is 2.25. The van der Waals surface area contributed by atoms with E-state index in [9.17, 15) is 19.2 Å². The Morgan fingerprint density at radius 1 is 1.08 bits per heavy atom. The molecule has 1 aliphatic heterocycles. The fourth-order valence-corrected chi connectivity index (χ4v) is 2.25. The predicted octanol–water partition coefficient (Wildman–Crippen LogP) is 0.512. The molecule has 5 amide bonds. The van der Waals surface area contributed by atoms with Gasteiger partial charge in [-0.15, -0.1) is 0 Å². The molecule has 0 bridgehead atoms. The minimum Gasteiger partial charge on any atom is -0.497 e. The van der Waals surface area contributed by atoms with Crippen LogP contribution >= 0.6 is 0 Å². The second kappa shape index (κ2) is 7.58. The average molecular weight is 333 g/mol. The number of hydrogen-bond donors (Lipinski definition) is 1. The Balaban J connectivity index is 1.90. The van der Waals surface area contributed by atoms with Crippen molar-refractivity contribution in [1.29, 1.82) is 0 Å². The van der Waals surface area contributed by atoms with Gasteiger partial charge in [-0.1, -0.05) is 19.1 Å². The number of hydrogen-bond acceptors (Lipinski definition) is 5. The molecule has 2 rings (SSSR count). The monoisotopic (exact) mass is 333 g/mol. The largest absolute Gasteiger partial charge is 0.497 e. The maximum absolute atomic E-state index is 12.0. The molecule has 1 fully saturated rings. The number of ether oxygens (including phenoxy) is 1. The molecule has 0 radical (unpaired) electrons. The van der Waals surface area contributed by atoms with Crippen molar-refractivity contribution in [1.82, 2.24) is 15.1 Å². The van der Waals surface area contributed by atoms with Crippen molar-refractivity contribution >= 4 is 23.8 Å². The van der Waals surface area contributed by atoms with Gasteiger partial charge in [-0.3, -0.25) is 19.3 Å². The first-order valence-electron chi connectivity index (χ1n) is 7.54. The number of carbonyl (C=O) groups excluding carboxylic acids is 4. The van der Waals surface area contributed by atoms with E-state index in [0.717, 1.165) is 10.5 Å². The van der Waals surface area contributed by atoms with Crippen LogP contribution in [0, 0.1) is 0 Å². The van der Waals surface area contributed by atoms with Crippen LogP contribution in [0.15, 0.2) is 24.3 Å². The molecule has 0 aliphatic carbocycles. The van der Waals surface area contributed by atoms with Crippen LogP contribution in [0.2, 0.25) is 0 Å². The number of amides is 5. The van der Waals surface area contributed by atoms with E-state index in [1.54, 1.807) is 38.3 Å². The van der Waals surface area contributed by atoms with Crippen molar-refractivity contribution in [2.75, 3.05) is 20.2 Å². The summed E-state index contributed by atoms with van der Waals surface area (Å²) in [5.41, 5.74) is 0.840. The molecule has 1 heterocycles. The Morgan fingerprint density at radius 3 is 2.29 bits per heavy atom. The molecule has 0 aromatic heterocycles. The summed E-state index contributed by atoms with van der Waals surface area (Å²) >= 11 is 0. The highest BCUT2D eigenvalue weighted by atomic mass is 16.5. The van der Waals surface area contributed by atoms with Gasteiger partial charge in [0.2, 0.25) is 5.91 Å². The summed E-state index contributed by atoms with van der Waals surface area (Å²) in [6, 6.07) is 6.36. The zero-order valence-corrected chi connectivity index (χ0v) is 13.6. The molecule has 1 aromatic carbocycles. The van der Waals surface area contributed by atoms with Crippen LogP contribution in [0.4, 0.5) is 4.79 Å². The molecule has 128 valence electrons. The molecule has 0 atom stereocenters. The predicted molar refractivity (Wildman–Crippen MR) is 84.0 cm³/mol. The SMILES string of the molecule is CCCN1C(=O)C(=O)N(CC(=O)NCc2ccc(OC)cc2)C1=O. The summed E-state index contributed by atoms with van der Waals surface area (Å²) in [5.74, 6) is -1.66. The maximum atomic E-state index is 12.0. The van der Waals surface area contributed by atoms with Crippen LogP contribution < -0.4 is 10.1 Å². The Bertz CT molecular complexity index is 656. The average Bonchev–Trinajstić information content (AvgIpc) is 2.79. The number of imide groups is 2. The lowest BCUT2D eigenvalue weighted by Crippen LogP contribution is -2.41. The van der Waals surface area contributed by atoms with Gasteiger partial charge in [0, 0.05) is 13.1 Å². The van der Waals surface area contributed by atoms with E-state index in [1.807, 2.05) is 0 Å². The normalized spacial score (nSPS) is 14.3. The highest BCUT2D eigenvalue weighted by Gasteiger charge is 2.44. The summed E-state index contributed by atoms with van der Waals surface area (Å²) in [5, 5.41) is 2.61. The van der Waals surface area contributed by atoms with E-state index in [2.05, 4.69) is 5.32 Å². The molecule has 8 nitrogen and oxygen atoms in total. The van der Waals surface area contributed by atoms with E-state index in [-0.39, 0.29) is 13.1 Å². The van der Waals surface area contributed by atoms with Gasteiger partial charge in [-0.2, -0.15) is 0 Å². The van der Waals surface area contributed by atoms with Gasteiger partial charge >= 0.3 is 17.8 Å². The van der Waals surface area contributed by atoms with Crippen LogP contribution in [-0.4, -0.2) is 53.8 Å². The van der Waals surface area contributed by atoms with Crippen molar-refractivity contribution in [2.45, 2.75) is 19.9 Å². The number of nitrogens with one attached hydrogen (secondary N) is 1. The highest BCUT2D eigenvalue weighted by Crippen LogP contribution is 2.13. The van der Waals surface area contributed by atoms with Gasteiger partial charge in [-0.05, 0) is 24.1 Å². The second-order valence-corrected chi connectivity index (χ2v) is 5.26. The Kier molecular flexibility index (Phi) is 5.51. The third-order valence-electron chi connectivity index (χ3n) is 3.53. The minimum atomic E-state index is -0.965. The van der Waals surface area contributed by atoms with Crippen LogP contribution in [-0.2, 0) is 20.9 Å². The Hall–Kier alpha value is -2.90. The van der Waals surface area contributed by atoms with E-state index >= 15 is 0 Å². The van der Waals surface area contributed by atoms with Crippen molar-refractivity contribution < 1.29 is 23.9 Å². The number of carbonyl (C=O) groups is 4. The number of benzene rings is 1. The van der Waals surface area contributed by atoms with Gasteiger partial charge in [0.15, 0.2) is 0 Å². The molecule has 8 heteroatoms. The lowest BCUT2D eigenvalue weighted by molar-refractivity contribution is -0.144. The van der Waals surface area contributed by atoms with Crippen molar-refractivity contribution in [3.8, 4) is 5.75 Å². The van der Waals surface area contributed by atoms with Gasteiger partial charge in [0.05, 0.1) is 7.11 Å². The molecule has 1 N–H and O–H groups in total. The number of nitrogens with zero attached hydrogens (tertiary/aromatic N) is 2. The smallest absolute Gasteiger partial charge is 0.334 e. The topological polar surface area (TPSA) is 96.0 Å². The van der Waals surface area contributed by atoms with Gasteiger partial charge in [0.1, 0.15) is 12.3 Å². The first-order valence-corrected chi connectivity index (χ1v) is 7.54. The molecule has 1 saturated heterocycles. The molecule has 24 heavy (non-hydrogen) atoms. The van der Waals surface area contributed by atoms with E-state index in [4.69, 9.17) is 4.74 Å². The van der Waals surface area contributed by atoms with Crippen LogP contribution in [0.5, 0.6) is 5.75 Å². The van der Waals surface area contributed by atoms with Crippen LogP contribution in [0.25, 0.3) is 0 Å². The molecule has 0 saturated carbocycles. The summed E-state index contributed by atoms with van der Waals surface area (Å²) in [4.78, 5) is 49.0. The van der Waals surface area contributed by atoms with Crippen LogP contribution in [0.3, 0.4) is 0 Å². The maximum Gasteiger partial charge on any atom is 0.334 e. The lowest BCUT2D eigenvalue weighted by atomic mass is 10.2. The molecular formula is C16H19N3O5. The summed E-state index contributed by atoms with van der Waals surface area (Å²) < 4.78 is 5.04. The van der Waals surface area contributed by atoms with E-state index in [0.29, 0.717) is 17.1 Å². The van der Waals surface area contributed by atoms with Crippen LogP contribution in [0.1, 0.15) is 18.9 Å². The number of rotatable bonds is 7. The fraction of sp³-hybridized carbons (Fsp3) is 0.375. The lowest BCUT2D eigenvalue weighted by Gasteiger charge is -2.14. The molecule has 1 aliphatic rings. The quantitative estimate of drug-likeness (QED) is 0.579. The number of urea groups is 1. The zero-order valence-electron chi connectivity index (χ0n) is 13.6. The molecule has 0 spiro atoms.